The second-order valence-electron chi connectivity index (χ2n) is 7.02. The van der Waals surface area contributed by atoms with Crippen LogP contribution in [0.25, 0.3) is 17.8 Å². The number of carbonyl (C=O) groups excluding carboxylic acids is 1. The summed E-state index contributed by atoms with van der Waals surface area (Å²) in [5.41, 5.74) is 4.18. The highest BCUT2D eigenvalue weighted by Gasteiger charge is 2.16. The van der Waals surface area contributed by atoms with E-state index in [2.05, 4.69) is 4.98 Å². The molecular weight excluding hydrogens is 394 g/mol. The highest BCUT2D eigenvalue weighted by atomic mass is 16.6. The largest absolute Gasteiger partial charge is 0.482 e. The van der Waals surface area contributed by atoms with Gasteiger partial charge in [0.25, 0.3) is 0 Å². The Morgan fingerprint density at radius 3 is 2.65 bits per heavy atom. The number of aryl methyl sites for hydroxylation is 1. The van der Waals surface area contributed by atoms with Crippen LogP contribution >= 0.6 is 0 Å². The molecule has 2 aromatic carbocycles. The molecule has 0 unspecified atom stereocenters. The van der Waals surface area contributed by atoms with Crippen LogP contribution in [0.4, 0.5) is 5.69 Å². The first-order valence-electron chi connectivity index (χ1n) is 9.62. The molecule has 0 N–H and O–H groups in total. The molecule has 7 heteroatoms. The van der Waals surface area contributed by atoms with E-state index in [-0.39, 0.29) is 18.0 Å². The zero-order chi connectivity index (χ0) is 21.8. The van der Waals surface area contributed by atoms with Gasteiger partial charge >= 0.3 is 5.69 Å². The highest BCUT2D eigenvalue weighted by molar-refractivity contribution is 5.84. The van der Waals surface area contributed by atoms with Gasteiger partial charge in [-0.05, 0) is 54.0 Å². The van der Waals surface area contributed by atoms with Crippen LogP contribution in [0.3, 0.4) is 0 Å². The third-order valence-corrected chi connectivity index (χ3v) is 4.81. The summed E-state index contributed by atoms with van der Waals surface area (Å²) in [6, 6.07) is 17.9. The van der Waals surface area contributed by atoms with Gasteiger partial charge in [0.05, 0.1) is 10.6 Å². The fourth-order valence-electron chi connectivity index (χ4n) is 3.23. The lowest BCUT2D eigenvalue weighted by Crippen LogP contribution is -1.99. The molecule has 31 heavy (non-hydrogen) atoms. The number of hydrogen-bond donors (Lipinski definition) is 0. The van der Waals surface area contributed by atoms with E-state index in [0.717, 1.165) is 17.4 Å². The number of nitrogens with zero attached hydrogens (tertiary/aromatic N) is 3. The van der Waals surface area contributed by atoms with E-state index in [0.29, 0.717) is 22.6 Å². The summed E-state index contributed by atoms with van der Waals surface area (Å²) in [5, 5.41) is 11.4. The second kappa shape index (κ2) is 8.62. The summed E-state index contributed by atoms with van der Waals surface area (Å²) in [7, 11) is 0. The van der Waals surface area contributed by atoms with Gasteiger partial charge in [-0.3, -0.25) is 19.3 Å². The van der Waals surface area contributed by atoms with Crippen molar-refractivity contribution in [1.82, 2.24) is 9.38 Å². The molecule has 0 aliphatic carbocycles. The molecule has 4 aromatic rings. The van der Waals surface area contributed by atoms with Crippen molar-refractivity contribution in [3.8, 4) is 5.75 Å². The number of carbonyl (C=O) groups is 1. The van der Waals surface area contributed by atoms with Gasteiger partial charge in [0.2, 0.25) is 0 Å². The molecule has 0 saturated carbocycles. The van der Waals surface area contributed by atoms with Gasteiger partial charge in [0, 0.05) is 12.3 Å². The zero-order valence-corrected chi connectivity index (χ0v) is 16.8. The minimum atomic E-state index is -0.469. The molecule has 0 fully saturated rings. The maximum absolute atomic E-state index is 11.6. The zero-order valence-electron chi connectivity index (χ0n) is 16.8. The Morgan fingerprint density at radius 2 is 1.90 bits per heavy atom. The Balaban J connectivity index is 1.64. The van der Waals surface area contributed by atoms with Crippen LogP contribution < -0.4 is 4.74 Å². The van der Waals surface area contributed by atoms with Crippen molar-refractivity contribution in [2.45, 2.75) is 13.5 Å². The van der Waals surface area contributed by atoms with Crippen LogP contribution in [0.5, 0.6) is 5.75 Å². The summed E-state index contributed by atoms with van der Waals surface area (Å²) >= 11 is 0. The molecule has 0 atom stereocenters. The van der Waals surface area contributed by atoms with Crippen molar-refractivity contribution in [3.63, 3.8) is 0 Å². The Kier molecular flexibility index (Phi) is 5.57. The predicted molar refractivity (Wildman–Crippen MR) is 118 cm³/mol. The number of ether oxygens (including phenoxy) is 1. The third-order valence-electron chi connectivity index (χ3n) is 4.81. The van der Waals surface area contributed by atoms with E-state index >= 15 is 0 Å². The van der Waals surface area contributed by atoms with Crippen molar-refractivity contribution in [1.29, 1.82) is 0 Å². The molecule has 0 bridgehead atoms. The summed E-state index contributed by atoms with van der Waals surface area (Å²) in [6.07, 6.45) is 6.04. The maximum Gasteiger partial charge on any atom is 0.310 e. The van der Waals surface area contributed by atoms with Crippen molar-refractivity contribution in [2.24, 2.45) is 0 Å². The number of aromatic nitrogens is 2. The Hall–Kier alpha value is -4.26. The second-order valence-corrected chi connectivity index (χ2v) is 7.02. The molecular formula is C24H19N3O4. The van der Waals surface area contributed by atoms with E-state index < -0.39 is 4.92 Å². The molecule has 7 nitrogen and oxygen atoms in total. The monoisotopic (exact) mass is 413 g/mol. The van der Waals surface area contributed by atoms with Crippen LogP contribution in [0.2, 0.25) is 0 Å². The lowest BCUT2D eigenvalue weighted by Gasteiger charge is -2.08. The highest BCUT2D eigenvalue weighted by Crippen LogP contribution is 2.29. The molecule has 154 valence electrons. The first-order valence-corrected chi connectivity index (χ1v) is 9.62. The van der Waals surface area contributed by atoms with Crippen molar-refractivity contribution in [3.05, 3.63) is 105 Å². The average Bonchev–Trinajstić information content (AvgIpc) is 3.13. The number of nitro benzene ring substituents is 1. The van der Waals surface area contributed by atoms with Crippen LogP contribution in [0, 0.1) is 17.0 Å². The smallest absolute Gasteiger partial charge is 0.310 e. The summed E-state index contributed by atoms with van der Waals surface area (Å²) in [4.78, 5) is 27.0. The normalized spacial score (nSPS) is 11.1. The number of nitro groups is 1. The van der Waals surface area contributed by atoms with Crippen LogP contribution in [-0.4, -0.2) is 20.6 Å². The summed E-state index contributed by atoms with van der Waals surface area (Å²) in [5.74, 6) is 0.178. The standard InChI is InChI=1S/C24H19N3O4/c1-17-11-12-26-22(15-28)20(25-24(26)13-17)9-7-18-8-10-21(27(29)30)23(14-18)31-16-19-5-3-2-4-6-19/h2-15H,16H2,1H3/b9-7+. The Morgan fingerprint density at radius 1 is 1.10 bits per heavy atom. The van der Waals surface area contributed by atoms with Crippen LogP contribution in [-0.2, 0) is 6.61 Å². The Bertz CT molecular complexity index is 1290. The SMILES string of the molecule is Cc1ccn2c(C=O)c(/C=C/c3ccc([N+](=O)[O-])c(OCc4ccccc4)c3)nc2c1. The molecule has 0 aliphatic rings. The number of fused-ring (bicyclic) bond motifs is 1. The third kappa shape index (κ3) is 4.35. The molecule has 0 amide bonds. The fourth-order valence-corrected chi connectivity index (χ4v) is 3.23. The van der Waals surface area contributed by atoms with E-state index in [4.69, 9.17) is 4.74 Å². The molecule has 2 heterocycles. The fraction of sp³-hybridized carbons (Fsp3) is 0.0833. The lowest BCUT2D eigenvalue weighted by atomic mass is 10.1. The number of benzene rings is 2. The van der Waals surface area contributed by atoms with Gasteiger partial charge in [0.1, 0.15) is 17.9 Å². The topological polar surface area (TPSA) is 86.7 Å². The summed E-state index contributed by atoms with van der Waals surface area (Å²) < 4.78 is 7.46. The maximum atomic E-state index is 11.6. The number of rotatable bonds is 7. The first-order chi connectivity index (χ1) is 15.0. The van der Waals surface area contributed by atoms with Gasteiger partial charge in [-0.1, -0.05) is 36.4 Å². The van der Waals surface area contributed by atoms with Gasteiger partial charge in [-0.15, -0.1) is 0 Å². The average molecular weight is 413 g/mol. The minimum Gasteiger partial charge on any atom is -0.482 e. The molecule has 2 aromatic heterocycles. The minimum absolute atomic E-state index is 0.107. The summed E-state index contributed by atoms with van der Waals surface area (Å²) in [6.45, 7) is 2.18. The van der Waals surface area contributed by atoms with Crippen molar-refractivity contribution < 1.29 is 14.5 Å². The molecule has 0 radical (unpaired) electrons. The van der Waals surface area contributed by atoms with E-state index in [1.807, 2.05) is 49.4 Å². The van der Waals surface area contributed by atoms with E-state index in [9.17, 15) is 14.9 Å². The van der Waals surface area contributed by atoms with Gasteiger partial charge in [-0.25, -0.2) is 4.98 Å². The first kappa shape index (κ1) is 20.0. The van der Waals surface area contributed by atoms with E-state index in [1.165, 1.54) is 6.07 Å². The van der Waals surface area contributed by atoms with Gasteiger partial charge in [0.15, 0.2) is 12.0 Å². The quantitative estimate of drug-likeness (QED) is 0.239. The number of hydrogen-bond acceptors (Lipinski definition) is 5. The van der Waals surface area contributed by atoms with Crippen molar-refractivity contribution in [2.75, 3.05) is 0 Å². The van der Waals surface area contributed by atoms with Crippen molar-refractivity contribution >= 4 is 29.8 Å². The number of aldehydes is 1. The lowest BCUT2D eigenvalue weighted by molar-refractivity contribution is -0.385. The molecule has 0 aliphatic heterocycles. The van der Waals surface area contributed by atoms with E-state index in [1.54, 1.807) is 34.9 Å². The predicted octanol–water partition coefficient (Wildman–Crippen LogP) is 5.11. The molecule has 0 spiro atoms. The molecule has 4 rings (SSSR count). The van der Waals surface area contributed by atoms with Gasteiger partial charge in [-0.2, -0.15) is 0 Å². The van der Waals surface area contributed by atoms with Gasteiger partial charge < -0.3 is 4.74 Å². The number of imidazole rings is 1. The van der Waals surface area contributed by atoms with Crippen LogP contribution in [0.15, 0.2) is 66.9 Å². The number of pyridine rings is 1. The van der Waals surface area contributed by atoms with Crippen LogP contribution in [0.1, 0.15) is 32.9 Å². The Labute approximate surface area is 178 Å². The molecule has 0 saturated heterocycles.